The lowest BCUT2D eigenvalue weighted by Gasteiger charge is -2.16. The SMILES string of the molecule is CCNC(=NCc1c(C)nn(C)c1C)NCCN(C)CC.I. The van der Waals surface area contributed by atoms with E-state index < -0.39 is 0 Å². The predicted octanol–water partition coefficient (Wildman–Crippen LogP) is 1.66. The average molecular weight is 422 g/mol. The predicted molar refractivity (Wildman–Crippen MR) is 104 cm³/mol. The van der Waals surface area contributed by atoms with Crippen molar-refractivity contribution in [3.63, 3.8) is 0 Å². The minimum Gasteiger partial charge on any atom is -0.357 e. The Hall–Kier alpha value is -0.830. The van der Waals surface area contributed by atoms with Crippen LogP contribution in [-0.4, -0.2) is 53.9 Å². The van der Waals surface area contributed by atoms with Crippen LogP contribution in [0.1, 0.15) is 30.8 Å². The van der Waals surface area contributed by atoms with Crippen LogP contribution in [0.25, 0.3) is 0 Å². The van der Waals surface area contributed by atoms with E-state index in [4.69, 9.17) is 0 Å². The summed E-state index contributed by atoms with van der Waals surface area (Å²) in [5.74, 6) is 0.865. The van der Waals surface area contributed by atoms with Crippen molar-refractivity contribution in [1.82, 2.24) is 25.3 Å². The van der Waals surface area contributed by atoms with Crippen molar-refractivity contribution >= 4 is 29.9 Å². The molecular formula is C15H31IN6. The summed E-state index contributed by atoms with van der Waals surface area (Å²) in [5, 5.41) is 11.1. The molecule has 1 aromatic rings. The van der Waals surface area contributed by atoms with Gasteiger partial charge in [0.1, 0.15) is 0 Å². The second-order valence-electron chi connectivity index (χ2n) is 5.29. The Labute approximate surface area is 151 Å². The Kier molecular flexibility index (Phi) is 10.4. The topological polar surface area (TPSA) is 57.5 Å². The Morgan fingerprint density at radius 2 is 1.95 bits per heavy atom. The second-order valence-corrected chi connectivity index (χ2v) is 5.29. The first-order valence-corrected chi connectivity index (χ1v) is 7.69. The van der Waals surface area contributed by atoms with Crippen LogP contribution in [0.15, 0.2) is 4.99 Å². The third kappa shape index (κ3) is 6.51. The zero-order chi connectivity index (χ0) is 15.8. The number of aromatic nitrogens is 2. The monoisotopic (exact) mass is 422 g/mol. The Bertz CT molecular complexity index is 469. The van der Waals surface area contributed by atoms with E-state index in [9.17, 15) is 0 Å². The van der Waals surface area contributed by atoms with Gasteiger partial charge < -0.3 is 15.5 Å². The maximum Gasteiger partial charge on any atom is 0.191 e. The van der Waals surface area contributed by atoms with Crippen molar-refractivity contribution in [2.45, 2.75) is 34.2 Å². The number of nitrogens with zero attached hydrogens (tertiary/aromatic N) is 4. The molecule has 128 valence electrons. The Morgan fingerprint density at radius 3 is 2.45 bits per heavy atom. The summed E-state index contributed by atoms with van der Waals surface area (Å²) >= 11 is 0. The molecule has 7 heteroatoms. The number of rotatable bonds is 7. The van der Waals surface area contributed by atoms with Gasteiger partial charge in [-0.05, 0) is 34.4 Å². The number of nitrogens with one attached hydrogen (secondary N) is 2. The van der Waals surface area contributed by atoms with E-state index in [0.29, 0.717) is 6.54 Å². The Balaban J connectivity index is 0.00000441. The smallest absolute Gasteiger partial charge is 0.191 e. The van der Waals surface area contributed by atoms with E-state index >= 15 is 0 Å². The Morgan fingerprint density at radius 1 is 1.27 bits per heavy atom. The van der Waals surface area contributed by atoms with E-state index in [2.05, 4.69) is 53.4 Å². The molecule has 1 aromatic heterocycles. The molecule has 0 amide bonds. The maximum absolute atomic E-state index is 4.66. The number of likely N-dealkylation sites (N-methyl/N-ethyl adjacent to an activating group) is 1. The highest BCUT2D eigenvalue weighted by atomic mass is 127. The third-order valence-electron chi connectivity index (χ3n) is 3.72. The van der Waals surface area contributed by atoms with Crippen molar-refractivity contribution in [3.8, 4) is 0 Å². The van der Waals surface area contributed by atoms with E-state index in [0.717, 1.165) is 37.8 Å². The van der Waals surface area contributed by atoms with Gasteiger partial charge in [0.05, 0.1) is 12.2 Å². The van der Waals surface area contributed by atoms with Crippen molar-refractivity contribution in [2.24, 2.45) is 12.0 Å². The second kappa shape index (κ2) is 10.8. The highest BCUT2D eigenvalue weighted by Crippen LogP contribution is 2.12. The van der Waals surface area contributed by atoms with Gasteiger partial charge in [-0.3, -0.25) is 4.68 Å². The first-order chi connectivity index (χ1) is 9.99. The molecule has 0 saturated carbocycles. The van der Waals surface area contributed by atoms with Crippen LogP contribution in [0.2, 0.25) is 0 Å². The first-order valence-electron chi connectivity index (χ1n) is 7.69. The molecule has 0 radical (unpaired) electrons. The van der Waals surface area contributed by atoms with E-state index in [1.165, 1.54) is 11.3 Å². The molecule has 1 rings (SSSR count). The molecule has 0 saturated heterocycles. The number of halogens is 1. The molecule has 0 bridgehead atoms. The van der Waals surface area contributed by atoms with Crippen molar-refractivity contribution in [3.05, 3.63) is 17.0 Å². The summed E-state index contributed by atoms with van der Waals surface area (Å²) in [6.45, 7) is 12.8. The molecule has 0 aliphatic heterocycles. The molecule has 0 fully saturated rings. The summed E-state index contributed by atoms with van der Waals surface area (Å²) < 4.78 is 1.91. The van der Waals surface area contributed by atoms with Crippen LogP contribution >= 0.6 is 24.0 Å². The van der Waals surface area contributed by atoms with Gasteiger partial charge in [0.15, 0.2) is 5.96 Å². The minimum atomic E-state index is 0. The lowest BCUT2D eigenvalue weighted by atomic mass is 10.2. The lowest BCUT2D eigenvalue weighted by Crippen LogP contribution is -2.40. The van der Waals surface area contributed by atoms with Gasteiger partial charge in [0, 0.05) is 37.9 Å². The molecule has 22 heavy (non-hydrogen) atoms. The third-order valence-corrected chi connectivity index (χ3v) is 3.72. The molecule has 0 atom stereocenters. The van der Waals surface area contributed by atoms with Crippen molar-refractivity contribution in [1.29, 1.82) is 0 Å². The van der Waals surface area contributed by atoms with Gasteiger partial charge in [0.25, 0.3) is 0 Å². The maximum atomic E-state index is 4.66. The van der Waals surface area contributed by atoms with Gasteiger partial charge in [0.2, 0.25) is 0 Å². The molecule has 0 aromatic carbocycles. The molecule has 6 nitrogen and oxygen atoms in total. The fraction of sp³-hybridized carbons (Fsp3) is 0.733. The van der Waals surface area contributed by atoms with Crippen LogP contribution in [0.4, 0.5) is 0 Å². The summed E-state index contributed by atoms with van der Waals surface area (Å²) in [6.07, 6.45) is 0. The first kappa shape index (κ1) is 21.2. The van der Waals surface area contributed by atoms with E-state index in [1.54, 1.807) is 0 Å². The van der Waals surface area contributed by atoms with Crippen molar-refractivity contribution < 1.29 is 0 Å². The number of aliphatic imine (C=N–C) groups is 1. The lowest BCUT2D eigenvalue weighted by molar-refractivity contribution is 0.357. The van der Waals surface area contributed by atoms with Gasteiger partial charge in [-0.2, -0.15) is 5.10 Å². The van der Waals surface area contributed by atoms with Crippen LogP contribution in [0.5, 0.6) is 0 Å². The molecular weight excluding hydrogens is 391 g/mol. The molecule has 0 unspecified atom stereocenters. The summed E-state index contributed by atoms with van der Waals surface area (Å²) in [5.41, 5.74) is 3.44. The van der Waals surface area contributed by atoms with Crippen LogP contribution in [-0.2, 0) is 13.6 Å². The molecule has 0 aliphatic rings. The number of guanidine groups is 1. The van der Waals surface area contributed by atoms with Crippen LogP contribution in [0.3, 0.4) is 0 Å². The summed E-state index contributed by atoms with van der Waals surface area (Å²) in [6, 6.07) is 0. The number of hydrogen-bond acceptors (Lipinski definition) is 3. The zero-order valence-corrected chi connectivity index (χ0v) is 17.1. The summed E-state index contributed by atoms with van der Waals surface area (Å²) in [4.78, 5) is 6.93. The fourth-order valence-corrected chi connectivity index (χ4v) is 2.07. The normalized spacial score (nSPS) is 11.5. The largest absolute Gasteiger partial charge is 0.357 e. The highest BCUT2D eigenvalue weighted by Gasteiger charge is 2.08. The molecule has 0 aliphatic carbocycles. The quantitative estimate of drug-likeness (QED) is 0.399. The highest BCUT2D eigenvalue weighted by molar-refractivity contribution is 14.0. The fourth-order valence-electron chi connectivity index (χ4n) is 2.07. The van der Waals surface area contributed by atoms with Crippen molar-refractivity contribution in [2.75, 3.05) is 33.2 Å². The number of hydrogen-bond donors (Lipinski definition) is 2. The van der Waals surface area contributed by atoms with Gasteiger partial charge in [-0.15, -0.1) is 24.0 Å². The standard InChI is InChI=1S/C15H30N6.HI/c1-7-16-15(17-9-10-20(5)8-2)18-11-14-12(3)19-21(6)13(14)4;/h7-11H2,1-6H3,(H2,16,17,18);1H. The summed E-state index contributed by atoms with van der Waals surface area (Å²) in [7, 11) is 4.09. The van der Waals surface area contributed by atoms with Gasteiger partial charge in [-0.25, -0.2) is 4.99 Å². The van der Waals surface area contributed by atoms with Crippen LogP contribution < -0.4 is 10.6 Å². The van der Waals surface area contributed by atoms with Crippen LogP contribution in [0, 0.1) is 13.8 Å². The van der Waals surface area contributed by atoms with E-state index in [-0.39, 0.29) is 24.0 Å². The van der Waals surface area contributed by atoms with Gasteiger partial charge >= 0.3 is 0 Å². The molecule has 1 heterocycles. The number of aryl methyl sites for hydroxylation is 2. The molecule has 0 spiro atoms. The van der Waals surface area contributed by atoms with E-state index in [1.807, 2.05) is 18.7 Å². The molecule has 2 N–H and O–H groups in total. The van der Waals surface area contributed by atoms with Gasteiger partial charge in [-0.1, -0.05) is 6.92 Å². The minimum absolute atomic E-state index is 0. The zero-order valence-electron chi connectivity index (χ0n) is 14.7. The average Bonchev–Trinajstić information content (AvgIpc) is 2.69.